The van der Waals surface area contributed by atoms with Crippen molar-refractivity contribution in [2.45, 2.75) is 13.0 Å². The van der Waals surface area contributed by atoms with Gasteiger partial charge in [-0.05, 0) is 44.1 Å². The average molecular weight is 320 g/mol. The van der Waals surface area contributed by atoms with E-state index in [9.17, 15) is 10.1 Å². The summed E-state index contributed by atoms with van der Waals surface area (Å²) in [6.07, 6.45) is 1.19. The van der Waals surface area contributed by atoms with Crippen molar-refractivity contribution in [3.63, 3.8) is 0 Å². The third-order valence-corrected chi connectivity index (χ3v) is 3.86. The standard InChI is InChI=1S/C13H18ClN3O2.ClH/c1-15-7-10-4-5-16(8-10)9-11-2-3-12(17(18)19)6-13(11)14;/h2-3,6,10,15H,4-5,7-9H2,1H3;1H. The lowest BCUT2D eigenvalue weighted by Gasteiger charge is -2.16. The van der Waals surface area contributed by atoms with Gasteiger partial charge >= 0.3 is 0 Å². The van der Waals surface area contributed by atoms with Gasteiger partial charge in [0.05, 0.1) is 9.95 Å². The van der Waals surface area contributed by atoms with Crippen molar-refractivity contribution in [1.29, 1.82) is 0 Å². The molecule has 2 rings (SSSR count). The molecule has 112 valence electrons. The number of benzene rings is 1. The third-order valence-electron chi connectivity index (χ3n) is 3.50. The van der Waals surface area contributed by atoms with Gasteiger partial charge in [-0.1, -0.05) is 11.6 Å². The van der Waals surface area contributed by atoms with E-state index in [4.69, 9.17) is 11.6 Å². The molecule has 5 nitrogen and oxygen atoms in total. The van der Waals surface area contributed by atoms with Gasteiger partial charge in [0.15, 0.2) is 0 Å². The van der Waals surface area contributed by atoms with Crippen LogP contribution in [0.15, 0.2) is 18.2 Å². The maximum Gasteiger partial charge on any atom is 0.270 e. The summed E-state index contributed by atoms with van der Waals surface area (Å²) in [5.74, 6) is 0.682. The van der Waals surface area contributed by atoms with E-state index in [1.165, 1.54) is 18.6 Å². The second-order valence-electron chi connectivity index (χ2n) is 4.98. The summed E-state index contributed by atoms with van der Waals surface area (Å²) in [5, 5.41) is 14.3. The van der Waals surface area contributed by atoms with E-state index < -0.39 is 4.92 Å². The largest absolute Gasteiger partial charge is 0.319 e. The van der Waals surface area contributed by atoms with Crippen LogP contribution >= 0.6 is 24.0 Å². The van der Waals surface area contributed by atoms with Gasteiger partial charge in [-0.15, -0.1) is 12.4 Å². The molecule has 1 atom stereocenters. The van der Waals surface area contributed by atoms with Crippen LogP contribution < -0.4 is 5.32 Å². The summed E-state index contributed by atoms with van der Waals surface area (Å²) in [6, 6.07) is 4.70. The molecule has 0 aromatic heterocycles. The molecule has 1 unspecified atom stereocenters. The van der Waals surface area contributed by atoms with E-state index in [0.717, 1.165) is 31.7 Å². The minimum absolute atomic E-state index is 0. The number of nitrogens with zero attached hydrogens (tertiary/aromatic N) is 2. The van der Waals surface area contributed by atoms with Crippen molar-refractivity contribution in [3.8, 4) is 0 Å². The van der Waals surface area contributed by atoms with Gasteiger partial charge in [-0.2, -0.15) is 0 Å². The van der Waals surface area contributed by atoms with Gasteiger partial charge in [-0.3, -0.25) is 15.0 Å². The molecule has 1 saturated heterocycles. The summed E-state index contributed by atoms with van der Waals surface area (Å²) in [5.41, 5.74) is 1.00. The van der Waals surface area contributed by atoms with Crippen LogP contribution in [-0.2, 0) is 6.54 Å². The van der Waals surface area contributed by atoms with Crippen LogP contribution in [0.3, 0.4) is 0 Å². The monoisotopic (exact) mass is 319 g/mol. The zero-order chi connectivity index (χ0) is 13.8. The Morgan fingerprint density at radius 1 is 1.55 bits per heavy atom. The average Bonchev–Trinajstić information content (AvgIpc) is 2.79. The zero-order valence-corrected chi connectivity index (χ0v) is 12.9. The number of hydrogen-bond donors (Lipinski definition) is 1. The number of nitrogens with one attached hydrogen (secondary N) is 1. The first-order chi connectivity index (χ1) is 9.10. The molecule has 0 bridgehead atoms. The number of likely N-dealkylation sites (tertiary alicyclic amines) is 1. The summed E-state index contributed by atoms with van der Waals surface area (Å²) in [6.45, 7) is 3.90. The number of nitro benzene ring substituents is 1. The maximum absolute atomic E-state index is 10.7. The lowest BCUT2D eigenvalue weighted by molar-refractivity contribution is -0.384. The van der Waals surface area contributed by atoms with E-state index in [1.807, 2.05) is 7.05 Å². The summed E-state index contributed by atoms with van der Waals surface area (Å²) in [4.78, 5) is 12.6. The lowest BCUT2D eigenvalue weighted by atomic mass is 10.1. The Labute approximate surface area is 129 Å². The molecule has 1 aliphatic heterocycles. The van der Waals surface area contributed by atoms with Crippen LogP contribution in [0.1, 0.15) is 12.0 Å². The minimum Gasteiger partial charge on any atom is -0.319 e. The molecule has 0 spiro atoms. The fourth-order valence-corrected chi connectivity index (χ4v) is 2.77. The summed E-state index contributed by atoms with van der Waals surface area (Å²) >= 11 is 6.11. The van der Waals surface area contributed by atoms with E-state index in [1.54, 1.807) is 6.07 Å². The molecule has 1 heterocycles. The fraction of sp³-hybridized carbons (Fsp3) is 0.538. The molecule has 1 aliphatic rings. The third kappa shape index (κ3) is 4.31. The first-order valence-corrected chi connectivity index (χ1v) is 6.77. The SMILES string of the molecule is CNCC1CCN(Cc2ccc([N+](=O)[O-])cc2Cl)C1.Cl. The number of nitro groups is 1. The van der Waals surface area contributed by atoms with E-state index in [2.05, 4.69) is 10.2 Å². The van der Waals surface area contributed by atoms with Crippen LogP contribution in [0.25, 0.3) is 0 Å². The molecule has 1 aromatic rings. The Morgan fingerprint density at radius 3 is 2.90 bits per heavy atom. The smallest absolute Gasteiger partial charge is 0.270 e. The summed E-state index contributed by atoms with van der Waals surface area (Å²) in [7, 11) is 1.97. The van der Waals surface area contributed by atoms with Crippen LogP contribution in [-0.4, -0.2) is 36.5 Å². The molecular formula is C13H19Cl2N3O2. The van der Waals surface area contributed by atoms with Crippen LogP contribution in [0.5, 0.6) is 0 Å². The normalized spacial score (nSPS) is 18.8. The Morgan fingerprint density at radius 2 is 2.30 bits per heavy atom. The first kappa shape index (κ1) is 17.2. The molecule has 20 heavy (non-hydrogen) atoms. The minimum atomic E-state index is -0.422. The van der Waals surface area contributed by atoms with Crippen molar-refractivity contribution < 1.29 is 4.92 Å². The van der Waals surface area contributed by atoms with Crippen molar-refractivity contribution in [3.05, 3.63) is 38.9 Å². The van der Waals surface area contributed by atoms with Crippen LogP contribution in [0.2, 0.25) is 5.02 Å². The molecular weight excluding hydrogens is 301 g/mol. The highest BCUT2D eigenvalue weighted by molar-refractivity contribution is 6.31. The van der Waals surface area contributed by atoms with Gasteiger partial charge < -0.3 is 5.32 Å². The van der Waals surface area contributed by atoms with E-state index in [0.29, 0.717) is 10.9 Å². The first-order valence-electron chi connectivity index (χ1n) is 6.40. The van der Waals surface area contributed by atoms with Crippen molar-refractivity contribution in [2.75, 3.05) is 26.7 Å². The van der Waals surface area contributed by atoms with Crippen LogP contribution in [0.4, 0.5) is 5.69 Å². The molecule has 0 radical (unpaired) electrons. The Kier molecular flexibility index (Phi) is 6.68. The van der Waals surface area contributed by atoms with Gasteiger partial charge in [-0.25, -0.2) is 0 Å². The number of halogens is 2. The van der Waals surface area contributed by atoms with Gasteiger partial charge in [0.25, 0.3) is 5.69 Å². The Balaban J connectivity index is 0.00000200. The van der Waals surface area contributed by atoms with Crippen molar-refractivity contribution in [1.82, 2.24) is 10.2 Å². The number of non-ortho nitro benzene ring substituents is 1. The predicted molar refractivity (Wildman–Crippen MR) is 82.7 cm³/mol. The highest BCUT2D eigenvalue weighted by atomic mass is 35.5. The topological polar surface area (TPSA) is 58.4 Å². The number of rotatable bonds is 5. The highest BCUT2D eigenvalue weighted by Gasteiger charge is 2.22. The van der Waals surface area contributed by atoms with E-state index >= 15 is 0 Å². The fourth-order valence-electron chi connectivity index (χ4n) is 2.53. The Bertz CT molecular complexity index is 471. The molecule has 0 saturated carbocycles. The van der Waals surface area contributed by atoms with Gasteiger partial charge in [0.1, 0.15) is 0 Å². The second-order valence-corrected chi connectivity index (χ2v) is 5.39. The zero-order valence-electron chi connectivity index (χ0n) is 11.3. The second kappa shape index (κ2) is 7.78. The lowest BCUT2D eigenvalue weighted by Crippen LogP contribution is -2.24. The number of hydrogen-bond acceptors (Lipinski definition) is 4. The quantitative estimate of drug-likeness (QED) is 0.669. The molecule has 1 fully saturated rings. The van der Waals surface area contributed by atoms with Crippen LogP contribution in [0, 0.1) is 16.0 Å². The summed E-state index contributed by atoms with van der Waals surface area (Å²) < 4.78 is 0. The highest BCUT2D eigenvalue weighted by Crippen LogP contribution is 2.25. The molecule has 0 aliphatic carbocycles. The molecule has 1 N–H and O–H groups in total. The maximum atomic E-state index is 10.7. The van der Waals surface area contributed by atoms with Gasteiger partial charge in [0.2, 0.25) is 0 Å². The van der Waals surface area contributed by atoms with E-state index in [-0.39, 0.29) is 18.1 Å². The Hall–Kier alpha value is -0.880. The molecule has 1 aromatic carbocycles. The van der Waals surface area contributed by atoms with Gasteiger partial charge in [0, 0.05) is 25.2 Å². The van der Waals surface area contributed by atoms with Crippen molar-refractivity contribution >= 4 is 29.7 Å². The predicted octanol–water partition coefficient (Wildman–Crippen LogP) is 2.71. The van der Waals surface area contributed by atoms with Crippen molar-refractivity contribution in [2.24, 2.45) is 5.92 Å². The molecule has 0 amide bonds. The molecule has 7 heteroatoms.